The normalized spacial score (nSPS) is 29.9. The fourth-order valence-electron chi connectivity index (χ4n) is 4.61. The number of amides is 2. The third-order valence-electron chi connectivity index (χ3n) is 6.67. The smallest absolute Gasteiger partial charge is 0.331 e. The second-order valence-corrected chi connectivity index (χ2v) is 9.62. The highest BCUT2D eigenvalue weighted by atomic mass is 16.5. The number of imide groups is 1. The number of carbonyl (C=O) groups is 4. The number of hydrogen-bond donors (Lipinski definition) is 2. The van der Waals surface area contributed by atoms with Crippen LogP contribution in [-0.2, 0) is 28.7 Å². The summed E-state index contributed by atoms with van der Waals surface area (Å²) in [5.74, 6) is -2.06. The summed E-state index contributed by atoms with van der Waals surface area (Å²) in [7, 11) is 1.55. The largest absolute Gasteiger partial charge is 0.454 e. The average Bonchev–Trinajstić information content (AvgIpc) is 2.79. The SMILES string of the molecule is CO[C@H]1/C=C\CC/C=C\C(=O)O[C@H]([C@H](C)C(=O)CCCC2CC(=O)NC(=O)C2)C(C)=C[C@@H](C)[C@@H]1O. The van der Waals surface area contributed by atoms with Crippen LogP contribution in [0.3, 0.4) is 0 Å². The summed E-state index contributed by atoms with van der Waals surface area (Å²) < 4.78 is 11.1. The summed E-state index contributed by atoms with van der Waals surface area (Å²) in [4.78, 5) is 48.6. The van der Waals surface area contributed by atoms with Gasteiger partial charge in [0.1, 0.15) is 18.0 Å². The fraction of sp³-hybridized carbons (Fsp3) is 0.630. The molecule has 2 aliphatic heterocycles. The first kappa shape index (κ1) is 28.7. The van der Waals surface area contributed by atoms with Crippen molar-refractivity contribution in [1.82, 2.24) is 5.32 Å². The standard InChI is InChI=1S/C27H39NO7/c1-17-14-18(2)27(35-25(32)13-8-6-5-7-12-22(34-4)26(17)33)19(3)21(29)11-9-10-20-15-23(30)28-24(31)16-20/h7-8,12-14,17,19-20,22,26-27,33H,5-6,9-11,15-16H2,1-4H3,(H,28,30,31)/b12-7-,13-8-,18-14?/t17-,19-,22+,26+,27+/m1/s1. The van der Waals surface area contributed by atoms with Crippen molar-refractivity contribution in [1.29, 1.82) is 0 Å². The number of Topliss-reactive ketones (excluding diaryl/α,β-unsaturated/α-hetero) is 1. The molecule has 2 N–H and O–H groups in total. The number of carbonyl (C=O) groups excluding carboxylic acids is 4. The number of ketones is 1. The highest BCUT2D eigenvalue weighted by Gasteiger charge is 2.31. The lowest BCUT2D eigenvalue weighted by atomic mass is 9.86. The molecule has 1 fully saturated rings. The number of aliphatic hydroxyl groups is 1. The number of ether oxygens (including phenoxy) is 2. The number of piperidine rings is 1. The zero-order valence-electron chi connectivity index (χ0n) is 21.2. The van der Waals surface area contributed by atoms with Crippen LogP contribution in [0, 0.1) is 17.8 Å². The van der Waals surface area contributed by atoms with Crippen LogP contribution >= 0.6 is 0 Å². The van der Waals surface area contributed by atoms with Crippen molar-refractivity contribution in [2.24, 2.45) is 17.8 Å². The van der Waals surface area contributed by atoms with Crippen molar-refractivity contribution in [3.63, 3.8) is 0 Å². The van der Waals surface area contributed by atoms with Gasteiger partial charge in [-0.1, -0.05) is 38.2 Å². The lowest BCUT2D eigenvalue weighted by Crippen LogP contribution is -2.38. The predicted octanol–water partition coefficient (Wildman–Crippen LogP) is 3.19. The molecular weight excluding hydrogens is 450 g/mol. The summed E-state index contributed by atoms with van der Waals surface area (Å²) >= 11 is 0. The Morgan fingerprint density at radius 2 is 1.86 bits per heavy atom. The number of nitrogens with one attached hydrogen (secondary N) is 1. The first-order valence-corrected chi connectivity index (χ1v) is 12.4. The lowest BCUT2D eigenvalue weighted by Gasteiger charge is -2.27. The van der Waals surface area contributed by atoms with E-state index in [0.29, 0.717) is 44.1 Å². The van der Waals surface area contributed by atoms with E-state index in [0.717, 1.165) is 0 Å². The van der Waals surface area contributed by atoms with E-state index in [-0.39, 0.29) is 35.9 Å². The topological polar surface area (TPSA) is 119 Å². The third kappa shape index (κ3) is 9.18. The minimum atomic E-state index is -0.803. The molecule has 0 aromatic rings. The minimum absolute atomic E-state index is 0.0524. The number of rotatable bonds is 7. The van der Waals surface area contributed by atoms with Gasteiger partial charge in [-0.2, -0.15) is 0 Å². The first-order chi connectivity index (χ1) is 16.6. The molecule has 0 aromatic carbocycles. The first-order valence-electron chi connectivity index (χ1n) is 12.4. The van der Waals surface area contributed by atoms with Gasteiger partial charge in [0.05, 0.1) is 12.0 Å². The number of allylic oxidation sites excluding steroid dienone is 2. The summed E-state index contributed by atoms with van der Waals surface area (Å²) in [5.41, 5.74) is 0.685. The summed E-state index contributed by atoms with van der Waals surface area (Å²) in [6, 6.07) is 0. The van der Waals surface area contributed by atoms with Gasteiger partial charge in [-0.05, 0) is 44.1 Å². The van der Waals surface area contributed by atoms with E-state index in [1.165, 1.54) is 6.08 Å². The number of cyclic esters (lactones) is 1. The van der Waals surface area contributed by atoms with Crippen LogP contribution in [0.4, 0.5) is 0 Å². The second-order valence-electron chi connectivity index (χ2n) is 9.62. The van der Waals surface area contributed by atoms with Crippen LogP contribution in [0.1, 0.15) is 65.7 Å². The van der Waals surface area contributed by atoms with Gasteiger partial charge >= 0.3 is 5.97 Å². The van der Waals surface area contributed by atoms with Gasteiger partial charge in [-0.3, -0.25) is 19.7 Å². The molecule has 35 heavy (non-hydrogen) atoms. The van der Waals surface area contributed by atoms with E-state index in [2.05, 4.69) is 5.32 Å². The molecule has 2 rings (SSSR count). The molecule has 2 aliphatic rings. The molecule has 0 bridgehead atoms. The van der Waals surface area contributed by atoms with Gasteiger partial charge in [0.25, 0.3) is 0 Å². The highest BCUT2D eigenvalue weighted by Crippen LogP contribution is 2.25. The molecule has 0 unspecified atom stereocenters. The molecule has 0 radical (unpaired) electrons. The molecule has 2 amide bonds. The Labute approximate surface area is 207 Å². The monoisotopic (exact) mass is 489 g/mol. The zero-order valence-corrected chi connectivity index (χ0v) is 21.2. The van der Waals surface area contributed by atoms with Crippen molar-refractivity contribution in [3.8, 4) is 0 Å². The van der Waals surface area contributed by atoms with Crippen LogP contribution in [0.25, 0.3) is 0 Å². The van der Waals surface area contributed by atoms with E-state index < -0.39 is 30.2 Å². The summed E-state index contributed by atoms with van der Waals surface area (Å²) in [5, 5.41) is 13.1. The summed E-state index contributed by atoms with van der Waals surface area (Å²) in [6.45, 7) is 5.39. The van der Waals surface area contributed by atoms with Crippen molar-refractivity contribution >= 4 is 23.6 Å². The maximum Gasteiger partial charge on any atom is 0.331 e. The Morgan fingerprint density at radius 3 is 2.51 bits per heavy atom. The van der Waals surface area contributed by atoms with Crippen LogP contribution in [0.5, 0.6) is 0 Å². The Hall–Kier alpha value is -2.58. The van der Waals surface area contributed by atoms with E-state index >= 15 is 0 Å². The molecule has 0 spiro atoms. The van der Waals surface area contributed by atoms with Gasteiger partial charge in [-0.25, -0.2) is 4.79 Å². The van der Waals surface area contributed by atoms with Gasteiger partial charge in [-0.15, -0.1) is 0 Å². The van der Waals surface area contributed by atoms with E-state index in [9.17, 15) is 24.3 Å². The Balaban J connectivity index is 2.11. The quantitative estimate of drug-likeness (QED) is 0.320. The number of hydrogen-bond acceptors (Lipinski definition) is 7. The number of esters is 1. The predicted molar refractivity (Wildman–Crippen MR) is 131 cm³/mol. The van der Waals surface area contributed by atoms with Crippen LogP contribution < -0.4 is 5.32 Å². The molecular formula is C27H39NO7. The Morgan fingerprint density at radius 1 is 1.20 bits per heavy atom. The van der Waals surface area contributed by atoms with Gasteiger partial charge in [0, 0.05) is 38.4 Å². The van der Waals surface area contributed by atoms with Crippen LogP contribution in [0.15, 0.2) is 36.0 Å². The van der Waals surface area contributed by atoms with Gasteiger partial charge < -0.3 is 14.6 Å². The van der Waals surface area contributed by atoms with Crippen molar-refractivity contribution < 1.29 is 33.8 Å². The van der Waals surface area contributed by atoms with E-state index in [1.54, 1.807) is 27.0 Å². The Bertz CT molecular complexity index is 844. The Kier molecular flexibility index (Phi) is 11.5. The fourth-order valence-corrected chi connectivity index (χ4v) is 4.61. The minimum Gasteiger partial charge on any atom is -0.454 e. The second kappa shape index (κ2) is 14.1. The van der Waals surface area contributed by atoms with Crippen molar-refractivity contribution in [3.05, 3.63) is 36.0 Å². The van der Waals surface area contributed by atoms with Gasteiger partial charge in [0.15, 0.2) is 0 Å². The maximum atomic E-state index is 13.0. The molecule has 2 heterocycles. The molecule has 194 valence electrons. The molecule has 8 heteroatoms. The maximum absolute atomic E-state index is 13.0. The average molecular weight is 490 g/mol. The van der Waals surface area contributed by atoms with Crippen LogP contribution in [-0.4, -0.2) is 54.1 Å². The molecule has 0 saturated carbocycles. The van der Waals surface area contributed by atoms with E-state index in [1.807, 2.05) is 25.2 Å². The summed E-state index contributed by atoms with van der Waals surface area (Å²) in [6.07, 6.45) is 9.96. The van der Waals surface area contributed by atoms with Crippen molar-refractivity contribution in [2.45, 2.75) is 84.0 Å². The number of methoxy groups -OCH3 is 1. The third-order valence-corrected chi connectivity index (χ3v) is 6.67. The highest BCUT2D eigenvalue weighted by molar-refractivity contribution is 5.97. The van der Waals surface area contributed by atoms with Crippen LogP contribution in [0.2, 0.25) is 0 Å². The molecule has 1 saturated heterocycles. The van der Waals surface area contributed by atoms with Crippen molar-refractivity contribution in [2.75, 3.05) is 7.11 Å². The molecule has 0 aliphatic carbocycles. The molecule has 5 atom stereocenters. The van der Waals surface area contributed by atoms with E-state index in [4.69, 9.17) is 9.47 Å². The zero-order chi connectivity index (χ0) is 26.0. The number of aliphatic hydroxyl groups excluding tert-OH is 1. The molecule has 8 nitrogen and oxygen atoms in total. The molecule has 0 aromatic heterocycles. The van der Waals surface area contributed by atoms with Gasteiger partial charge in [0.2, 0.25) is 11.8 Å². The lowest BCUT2D eigenvalue weighted by molar-refractivity contribution is -0.145.